The van der Waals surface area contributed by atoms with E-state index in [1.54, 1.807) is 35.2 Å². The standard InChI is InChI=1S/C19H17FN2O2/c20-16-3-1-2-15(10-16)12-22(17-6-7-17)19(23)13-24-18-8-4-14(11-21)5-9-18/h1-5,8-10,17H,6-7,12-13H2. The Morgan fingerprint density at radius 3 is 2.62 bits per heavy atom. The molecule has 5 heteroatoms. The third-order valence-corrected chi connectivity index (χ3v) is 3.90. The van der Waals surface area contributed by atoms with E-state index in [4.69, 9.17) is 10.00 Å². The minimum atomic E-state index is -0.301. The van der Waals surface area contributed by atoms with Crippen LogP contribution in [0, 0.1) is 17.1 Å². The molecule has 0 N–H and O–H groups in total. The molecule has 0 atom stereocenters. The molecule has 0 heterocycles. The van der Waals surface area contributed by atoms with Gasteiger partial charge in [-0.3, -0.25) is 4.79 Å². The molecule has 2 aromatic carbocycles. The molecular formula is C19H17FN2O2. The predicted molar refractivity (Wildman–Crippen MR) is 86.6 cm³/mol. The van der Waals surface area contributed by atoms with Gasteiger partial charge in [0.05, 0.1) is 11.6 Å². The number of carbonyl (C=O) groups excluding carboxylic acids is 1. The average Bonchev–Trinajstić information content (AvgIpc) is 3.43. The molecular weight excluding hydrogens is 307 g/mol. The first kappa shape index (κ1) is 16.0. The fraction of sp³-hybridized carbons (Fsp3) is 0.263. The molecule has 1 amide bonds. The highest BCUT2D eigenvalue weighted by atomic mass is 19.1. The van der Waals surface area contributed by atoms with Crippen molar-refractivity contribution in [1.82, 2.24) is 4.90 Å². The number of rotatable bonds is 6. The Bertz CT molecular complexity index is 764. The molecule has 0 unspecified atom stereocenters. The van der Waals surface area contributed by atoms with Gasteiger partial charge >= 0.3 is 0 Å². The lowest BCUT2D eigenvalue weighted by molar-refractivity contribution is -0.134. The summed E-state index contributed by atoms with van der Waals surface area (Å²) in [6, 6.07) is 15.2. The third kappa shape index (κ3) is 4.11. The van der Waals surface area contributed by atoms with Crippen LogP contribution >= 0.6 is 0 Å². The highest BCUT2D eigenvalue weighted by Crippen LogP contribution is 2.28. The van der Waals surface area contributed by atoms with Crippen molar-refractivity contribution in [3.63, 3.8) is 0 Å². The molecule has 4 nitrogen and oxygen atoms in total. The first-order valence-electron chi connectivity index (χ1n) is 7.82. The molecule has 2 aromatic rings. The Kier molecular flexibility index (Phi) is 4.76. The van der Waals surface area contributed by atoms with Crippen molar-refractivity contribution in [2.24, 2.45) is 0 Å². The topological polar surface area (TPSA) is 53.3 Å². The zero-order chi connectivity index (χ0) is 16.9. The lowest BCUT2D eigenvalue weighted by atomic mass is 10.2. The van der Waals surface area contributed by atoms with Crippen molar-refractivity contribution >= 4 is 5.91 Å². The third-order valence-electron chi connectivity index (χ3n) is 3.90. The summed E-state index contributed by atoms with van der Waals surface area (Å²) in [5, 5.41) is 8.77. The molecule has 0 aromatic heterocycles. The van der Waals surface area contributed by atoms with E-state index < -0.39 is 0 Å². The van der Waals surface area contributed by atoms with Gasteiger partial charge in [-0.1, -0.05) is 12.1 Å². The van der Waals surface area contributed by atoms with Crippen LogP contribution in [0.4, 0.5) is 4.39 Å². The van der Waals surface area contributed by atoms with E-state index in [9.17, 15) is 9.18 Å². The van der Waals surface area contributed by atoms with E-state index >= 15 is 0 Å². The molecule has 24 heavy (non-hydrogen) atoms. The van der Waals surface area contributed by atoms with Gasteiger partial charge in [-0.05, 0) is 54.8 Å². The highest BCUT2D eigenvalue weighted by molar-refractivity contribution is 5.78. The molecule has 3 rings (SSSR count). The van der Waals surface area contributed by atoms with Crippen LogP contribution in [0.5, 0.6) is 5.75 Å². The number of amides is 1. The number of halogens is 1. The Morgan fingerprint density at radius 1 is 1.25 bits per heavy atom. The maximum atomic E-state index is 13.3. The van der Waals surface area contributed by atoms with Crippen molar-refractivity contribution < 1.29 is 13.9 Å². The van der Waals surface area contributed by atoms with E-state index in [-0.39, 0.29) is 24.4 Å². The number of nitriles is 1. The van der Waals surface area contributed by atoms with Crippen LogP contribution < -0.4 is 4.74 Å². The maximum absolute atomic E-state index is 13.3. The fourth-order valence-corrected chi connectivity index (χ4v) is 2.49. The fourth-order valence-electron chi connectivity index (χ4n) is 2.49. The molecule has 1 aliphatic rings. The van der Waals surface area contributed by atoms with Crippen LogP contribution in [-0.2, 0) is 11.3 Å². The second-order valence-corrected chi connectivity index (χ2v) is 5.81. The van der Waals surface area contributed by atoms with Gasteiger partial charge in [0.15, 0.2) is 6.61 Å². The second kappa shape index (κ2) is 7.14. The molecule has 1 aliphatic carbocycles. The Labute approximate surface area is 140 Å². The number of benzene rings is 2. The second-order valence-electron chi connectivity index (χ2n) is 5.81. The zero-order valence-electron chi connectivity index (χ0n) is 13.1. The van der Waals surface area contributed by atoms with E-state index in [1.165, 1.54) is 12.1 Å². The minimum absolute atomic E-state index is 0.0717. The molecule has 0 bridgehead atoms. The largest absolute Gasteiger partial charge is 0.484 e. The van der Waals surface area contributed by atoms with E-state index in [0.717, 1.165) is 18.4 Å². The monoisotopic (exact) mass is 324 g/mol. The SMILES string of the molecule is N#Cc1ccc(OCC(=O)N(Cc2cccc(F)c2)C2CC2)cc1. The number of hydrogen-bond donors (Lipinski definition) is 0. The first-order valence-corrected chi connectivity index (χ1v) is 7.82. The minimum Gasteiger partial charge on any atom is -0.484 e. The van der Waals surface area contributed by atoms with Crippen molar-refractivity contribution in [1.29, 1.82) is 5.26 Å². The quantitative estimate of drug-likeness (QED) is 0.819. The Morgan fingerprint density at radius 2 is 2.00 bits per heavy atom. The normalized spacial score (nSPS) is 13.2. The van der Waals surface area contributed by atoms with Crippen molar-refractivity contribution in [2.75, 3.05) is 6.61 Å². The zero-order valence-corrected chi connectivity index (χ0v) is 13.1. The molecule has 122 valence electrons. The predicted octanol–water partition coefficient (Wildman–Crippen LogP) is 3.27. The van der Waals surface area contributed by atoms with Gasteiger partial charge in [-0.25, -0.2) is 4.39 Å². The van der Waals surface area contributed by atoms with Gasteiger partial charge in [-0.2, -0.15) is 5.26 Å². The van der Waals surface area contributed by atoms with E-state index in [2.05, 4.69) is 0 Å². The van der Waals surface area contributed by atoms with Gasteiger partial charge < -0.3 is 9.64 Å². The van der Waals surface area contributed by atoms with Crippen LogP contribution in [0.3, 0.4) is 0 Å². The van der Waals surface area contributed by atoms with Crippen LogP contribution in [0.15, 0.2) is 48.5 Å². The van der Waals surface area contributed by atoms with Gasteiger partial charge in [0, 0.05) is 12.6 Å². The van der Waals surface area contributed by atoms with E-state index in [1.807, 2.05) is 12.1 Å². The molecule has 1 saturated carbocycles. The molecule has 0 radical (unpaired) electrons. The van der Waals surface area contributed by atoms with Gasteiger partial charge in [0.25, 0.3) is 5.91 Å². The summed E-state index contributed by atoms with van der Waals surface area (Å²) in [6.07, 6.45) is 1.94. The van der Waals surface area contributed by atoms with Gasteiger partial charge in [0.1, 0.15) is 11.6 Å². The van der Waals surface area contributed by atoms with E-state index in [0.29, 0.717) is 17.9 Å². The van der Waals surface area contributed by atoms with Crippen molar-refractivity contribution in [2.45, 2.75) is 25.4 Å². The van der Waals surface area contributed by atoms with Crippen LogP contribution in [0.2, 0.25) is 0 Å². The van der Waals surface area contributed by atoms with Gasteiger partial charge in [0.2, 0.25) is 0 Å². The highest BCUT2D eigenvalue weighted by Gasteiger charge is 2.32. The van der Waals surface area contributed by atoms with Crippen LogP contribution in [0.25, 0.3) is 0 Å². The summed E-state index contributed by atoms with van der Waals surface area (Å²) < 4.78 is 18.8. The van der Waals surface area contributed by atoms with Crippen molar-refractivity contribution in [3.8, 4) is 11.8 Å². The Hall–Kier alpha value is -2.87. The average molecular weight is 324 g/mol. The van der Waals surface area contributed by atoms with Crippen LogP contribution in [0.1, 0.15) is 24.0 Å². The molecule has 0 spiro atoms. The summed E-state index contributed by atoms with van der Waals surface area (Å²) >= 11 is 0. The molecule has 0 saturated heterocycles. The Balaban J connectivity index is 1.61. The number of nitrogens with zero attached hydrogens (tertiary/aromatic N) is 2. The number of hydrogen-bond acceptors (Lipinski definition) is 3. The summed E-state index contributed by atoms with van der Waals surface area (Å²) in [5.74, 6) is 0.125. The first-order chi connectivity index (χ1) is 11.7. The lowest BCUT2D eigenvalue weighted by Gasteiger charge is -2.22. The number of carbonyl (C=O) groups is 1. The smallest absolute Gasteiger partial charge is 0.261 e. The lowest BCUT2D eigenvalue weighted by Crippen LogP contribution is -2.36. The summed E-state index contributed by atoms with van der Waals surface area (Å²) in [6.45, 7) is 0.315. The number of ether oxygens (including phenoxy) is 1. The molecule has 1 fully saturated rings. The molecule has 0 aliphatic heterocycles. The van der Waals surface area contributed by atoms with Crippen molar-refractivity contribution in [3.05, 3.63) is 65.5 Å². The summed E-state index contributed by atoms with van der Waals surface area (Å²) in [5.41, 5.74) is 1.31. The van der Waals surface area contributed by atoms with Crippen LogP contribution in [-0.4, -0.2) is 23.5 Å². The summed E-state index contributed by atoms with van der Waals surface area (Å²) in [4.78, 5) is 14.2. The maximum Gasteiger partial charge on any atom is 0.261 e. The van der Waals surface area contributed by atoms with Gasteiger partial charge in [-0.15, -0.1) is 0 Å². The summed E-state index contributed by atoms with van der Waals surface area (Å²) in [7, 11) is 0.